The number of aryl methyl sites for hydroxylation is 1. The molecule has 0 unspecified atom stereocenters. The van der Waals surface area contributed by atoms with Crippen LogP contribution in [0.2, 0.25) is 0 Å². The van der Waals surface area contributed by atoms with Gasteiger partial charge < -0.3 is 33.3 Å². The molecule has 49 heavy (non-hydrogen) atoms. The standard InChI is InChI=1S/C38H52N2O8S/c1-5-19-46-36-25-40(49(41,42)33-14-7-29(2)8-15-33)26-37(38(36)32-12-9-30(10-13-32)27-45-23-22-44-4)48-28-31-11-16-35-34(24-31)39(18-21-47-35)17-6-20-43-3/h7-16,24,36-38H,5-6,17-23,25-28H2,1-4H3/t36-,37+,38+/m1/s1. The van der Waals surface area contributed by atoms with Crippen molar-refractivity contribution in [2.75, 3.05) is 78.3 Å². The van der Waals surface area contributed by atoms with Gasteiger partial charge >= 0.3 is 0 Å². The van der Waals surface area contributed by atoms with Gasteiger partial charge in [-0.25, -0.2) is 8.42 Å². The summed E-state index contributed by atoms with van der Waals surface area (Å²) in [5.74, 6) is 0.670. The Bertz CT molecular complexity index is 1550. The van der Waals surface area contributed by atoms with Crippen LogP contribution < -0.4 is 9.64 Å². The van der Waals surface area contributed by atoms with Crippen molar-refractivity contribution < 1.29 is 36.8 Å². The van der Waals surface area contributed by atoms with Gasteiger partial charge in [-0.1, -0.05) is 55.0 Å². The number of sulfonamides is 1. The van der Waals surface area contributed by atoms with E-state index in [-0.39, 0.29) is 23.9 Å². The van der Waals surface area contributed by atoms with E-state index in [2.05, 4.69) is 42.2 Å². The zero-order valence-electron chi connectivity index (χ0n) is 29.3. The summed E-state index contributed by atoms with van der Waals surface area (Å²) in [6, 6.07) is 21.5. The SMILES string of the molecule is CCCO[C@@H]1CN(S(=O)(=O)c2ccc(C)cc2)C[C@H](OCc2ccc3c(c2)N(CCCOC)CCO3)[C@H]1c1ccc(COCCOC)cc1. The molecule has 0 radical (unpaired) electrons. The molecule has 0 amide bonds. The predicted octanol–water partition coefficient (Wildman–Crippen LogP) is 5.56. The fourth-order valence-electron chi connectivity index (χ4n) is 6.42. The molecule has 2 aliphatic rings. The highest BCUT2D eigenvalue weighted by atomic mass is 32.2. The minimum absolute atomic E-state index is 0.189. The molecule has 10 nitrogen and oxygen atoms in total. The molecule has 268 valence electrons. The third-order valence-corrected chi connectivity index (χ3v) is 10.9. The Morgan fingerprint density at radius 3 is 2.24 bits per heavy atom. The van der Waals surface area contributed by atoms with E-state index in [1.807, 2.05) is 31.2 Å². The minimum atomic E-state index is -3.80. The highest BCUT2D eigenvalue weighted by molar-refractivity contribution is 7.89. The van der Waals surface area contributed by atoms with Crippen LogP contribution >= 0.6 is 0 Å². The molecule has 2 aliphatic heterocycles. The van der Waals surface area contributed by atoms with Gasteiger partial charge in [-0.3, -0.25) is 0 Å². The number of hydrogen-bond donors (Lipinski definition) is 0. The summed E-state index contributed by atoms with van der Waals surface area (Å²) in [4.78, 5) is 2.60. The second-order valence-electron chi connectivity index (χ2n) is 12.7. The first kappa shape index (κ1) is 37.2. The van der Waals surface area contributed by atoms with Crippen molar-refractivity contribution >= 4 is 15.7 Å². The lowest BCUT2D eigenvalue weighted by atomic mass is 9.85. The van der Waals surface area contributed by atoms with Gasteiger partial charge in [0.15, 0.2) is 0 Å². The number of benzene rings is 3. The van der Waals surface area contributed by atoms with Gasteiger partial charge in [0.05, 0.1) is 55.8 Å². The van der Waals surface area contributed by atoms with Crippen molar-refractivity contribution in [2.24, 2.45) is 0 Å². The van der Waals surface area contributed by atoms with E-state index in [4.69, 9.17) is 28.4 Å². The fourth-order valence-corrected chi connectivity index (χ4v) is 7.89. The van der Waals surface area contributed by atoms with Crippen LogP contribution in [0.3, 0.4) is 0 Å². The lowest BCUT2D eigenvalue weighted by molar-refractivity contribution is -0.0786. The Hall–Kier alpha value is -3.03. The fraction of sp³-hybridized carbons (Fsp3) is 0.526. The van der Waals surface area contributed by atoms with Gasteiger partial charge in [0.2, 0.25) is 10.0 Å². The molecule has 0 spiro atoms. The molecule has 3 aromatic carbocycles. The number of nitrogens with zero attached hydrogens (tertiary/aromatic N) is 2. The average molecular weight is 697 g/mol. The molecule has 3 aromatic rings. The highest BCUT2D eigenvalue weighted by Crippen LogP contribution is 2.37. The third-order valence-electron chi connectivity index (χ3n) is 9.05. The van der Waals surface area contributed by atoms with Crippen molar-refractivity contribution in [2.45, 2.75) is 62.9 Å². The third kappa shape index (κ3) is 9.82. The molecular weight excluding hydrogens is 644 g/mol. The molecule has 1 fully saturated rings. The largest absolute Gasteiger partial charge is 0.490 e. The van der Waals surface area contributed by atoms with Gasteiger partial charge in [-0.2, -0.15) is 4.31 Å². The number of rotatable bonds is 18. The van der Waals surface area contributed by atoms with E-state index in [1.54, 1.807) is 26.4 Å². The van der Waals surface area contributed by atoms with E-state index < -0.39 is 22.2 Å². The Morgan fingerprint density at radius 2 is 1.53 bits per heavy atom. The lowest BCUT2D eigenvalue weighted by Gasteiger charge is -2.43. The maximum absolute atomic E-state index is 14.0. The Labute approximate surface area is 292 Å². The zero-order valence-corrected chi connectivity index (χ0v) is 30.2. The molecule has 3 atom stereocenters. The van der Waals surface area contributed by atoms with Crippen molar-refractivity contribution in [3.8, 4) is 5.75 Å². The number of fused-ring (bicyclic) bond motifs is 1. The highest BCUT2D eigenvalue weighted by Gasteiger charge is 2.43. The van der Waals surface area contributed by atoms with Crippen LogP contribution in [0, 0.1) is 6.92 Å². The predicted molar refractivity (Wildman–Crippen MR) is 190 cm³/mol. The van der Waals surface area contributed by atoms with Crippen molar-refractivity contribution in [3.63, 3.8) is 0 Å². The van der Waals surface area contributed by atoms with Crippen molar-refractivity contribution in [1.29, 1.82) is 0 Å². The molecule has 1 saturated heterocycles. The molecule has 0 N–H and O–H groups in total. The summed E-state index contributed by atoms with van der Waals surface area (Å²) < 4.78 is 64.9. The molecule has 0 aliphatic carbocycles. The number of methoxy groups -OCH3 is 2. The van der Waals surface area contributed by atoms with Crippen LogP contribution in [0.1, 0.15) is 47.9 Å². The molecule has 11 heteroatoms. The van der Waals surface area contributed by atoms with Gasteiger partial charge in [-0.15, -0.1) is 0 Å². The maximum atomic E-state index is 14.0. The van der Waals surface area contributed by atoms with Crippen LogP contribution in [0.15, 0.2) is 71.6 Å². The zero-order chi connectivity index (χ0) is 34.6. The Balaban J connectivity index is 1.42. The van der Waals surface area contributed by atoms with E-state index in [0.717, 1.165) is 59.6 Å². The van der Waals surface area contributed by atoms with Crippen LogP contribution in [0.5, 0.6) is 5.75 Å². The summed E-state index contributed by atoms with van der Waals surface area (Å²) in [7, 11) is -0.419. The molecular formula is C38H52N2O8S. The van der Waals surface area contributed by atoms with Gasteiger partial charge in [0.25, 0.3) is 0 Å². The van der Waals surface area contributed by atoms with E-state index in [0.29, 0.717) is 46.2 Å². The molecule has 0 bridgehead atoms. The van der Waals surface area contributed by atoms with Crippen LogP contribution in [-0.4, -0.2) is 98.4 Å². The maximum Gasteiger partial charge on any atom is 0.243 e. The van der Waals surface area contributed by atoms with Crippen LogP contribution in [0.25, 0.3) is 0 Å². The molecule has 5 rings (SSSR count). The van der Waals surface area contributed by atoms with Crippen LogP contribution in [-0.2, 0) is 46.9 Å². The van der Waals surface area contributed by atoms with Crippen molar-refractivity contribution in [1.82, 2.24) is 4.31 Å². The number of hydrogen-bond acceptors (Lipinski definition) is 9. The number of anilines is 1. The van der Waals surface area contributed by atoms with Gasteiger partial charge in [-0.05, 0) is 60.7 Å². The second-order valence-corrected chi connectivity index (χ2v) is 14.6. The smallest absolute Gasteiger partial charge is 0.243 e. The van der Waals surface area contributed by atoms with Crippen molar-refractivity contribution in [3.05, 3.63) is 89.0 Å². The van der Waals surface area contributed by atoms with Crippen LogP contribution in [0.4, 0.5) is 5.69 Å². The minimum Gasteiger partial charge on any atom is -0.490 e. The molecule has 0 saturated carbocycles. The summed E-state index contributed by atoms with van der Waals surface area (Å²) in [5, 5.41) is 0. The van der Waals surface area contributed by atoms with Gasteiger partial charge in [0, 0.05) is 53.0 Å². The first-order valence-electron chi connectivity index (χ1n) is 17.3. The van der Waals surface area contributed by atoms with E-state index >= 15 is 0 Å². The quantitative estimate of drug-likeness (QED) is 0.159. The number of piperidine rings is 1. The van der Waals surface area contributed by atoms with E-state index in [1.165, 1.54) is 4.31 Å². The first-order chi connectivity index (χ1) is 23.8. The lowest BCUT2D eigenvalue weighted by Crippen LogP contribution is -2.54. The molecule has 0 aromatic heterocycles. The summed E-state index contributed by atoms with van der Waals surface area (Å²) in [5.41, 5.74) is 5.13. The van der Waals surface area contributed by atoms with Gasteiger partial charge in [0.1, 0.15) is 12.4 Å². The summed E-state index contributed by atoms with van der Waals surface area (Å²) in [6.07, 6.45) is 0.860. The second kappa shape index (κ2) is 18.3. The average Bonchev–Trinajstić information content (AvgIpc) is 3.12. The molecule has 2 heterocycles. The summed E-state index contributed by atoms with van der Waals surface area (Å²) in [6.45, 7) is 9.83. The normalized spacial score (nSPS) is 19.8. The first-order valence-corrected chi connectivity index (χ1v) is 18.7. The topological polar surface area (TPSA) is 96.0 Å². The Morgan fingerprint density at radius 1 is 0.816 bits per heavy atom. The monoisotopic (exact) mass is 696 g/mol. The number of ether oxygens (including phenoxy) is 6. The van der Waals surface area contributed by atoms with E-state index in [9.17, 15) is 8.42 Å². The Kier molecular flexibility index (Phi) is 13.9. The summed E-state index contributed by atoms with van der Waals surface area (Å²) >= 11 is 0.